The van der Waals surface area contributed by atoms with E-state index in [1.54, 1.807) is 6.07 Å². The molecule has 4 N–H and O–H groups in total. The lowest BCUT2D eigenvalue weighted by Gasteiger charge is -2.23. The third-order valence-electron chi connectivity index (χ3n) is 3.77. The van der Waals surface area contributed by atoms with E-state index >= 15 is 0 Å². The smallest absolute Gasteiger partial charge is 0.337 e. The van der Waals surface area contributed by atoms with E-state index in [-0.39, 0.29) is 5.56 Å². The molecule has 0 bridgehead atoms. The van der Waals surface area contributed by atoms with E-state index in [0.29, 0.717) is 17.4 Å². The summed E-state index contributed by atoms with van der Waals surface area (Å²) >= 11 is 0. The number of benzene rings is 1. The summed E-state index contributed by atoms with van der Waals surface area (Å²) in [6.45, 7) is 5.17. The molecule has 0 amide bonds. The highest BCUT2D eigenvalue weighted by atomic mass is 16.4. The first kappa shape index (κ1) is 13.7. The summed E-state index contributed by atoms with van der Waals surface area (Å²) in [6, 6.07) is 5.58. The molecule has 19 heavy (non-hydrogen) atoms. The van der Waals surface area contributed by atoms with Crippen molar-refractivity contribution in [2.24, 2.45) is 0 Å². The molecule has 104 valence electrons. The maximum Gasteiger partial charge on any atom is 0.337 e. The number of hydrogen-bond donors (Lipinski definition) is 3. The number of hydrogen-bond acceptors (Lipinski definition) is 4. The van der Waals surface area contributed by atoms with Gasteiger partial charge in [0.25, 0.3) is 0 Å². The van der Waals surface area contributed by atoms with E-state index in [1.807, 2.05) is 6.07 Å². The number of likely N-dealkylation sites (tertiary alicyclic amines) is 1. The molecule has 1 aromatic carbocycles. The molecular formula is C14H21N3O2. The van der Waals surface area contributed by atoms with Crippen LogP contribution >= 0.6 is 0 Å². The van der Waals surface area contributed by atoms with Crippen molar-refractivity contribution in [1.29, 1.82) is 0 Å². The van der Waals surface area contributed by atoms with Crippen molar-refractivity contribution in [3.63, 3.8) is 0 Å². The second-order valence-corrected chi connectivity index (χ2v) is 4.88. The van der Waals surface area contributed by atoms with Crippen molar-refractivity contribution >= 4 is 17.3 Å². The van der Waals surface area contributed by atoms with Gasteiger partial charge >= 0.3 is 5.97 Å². The predicted molar refractivity (Wildman–Crippen MR) is 76.6 cm³/mol. The van der Waals surface area contributed by atoms with Gasteiger partial charge in [-0.3, -0.25) is 4.90 Å². The summed E-state index contributed by atoms with van der Waals surface area (Å²) in [5, 5.41) is 12.3. The summed E-state index contributed by atoms with van der Waals surface area (Å²) in [6.07, 6.45) is 2.41. The van der Waals surface area contributed by atoms with Gasteiger partial charge in [-0.2, -0.15) is 0 Å². The van der Waals surface area contributed by atoms with Crippen LogP contribution in [-0.2, 0) is 0 Å². The normalized spacial score (nSPS) is 19.5. The fourth-order valence-electron chi connectivity index (χ4n) is 2.68. The number of aromatic carboxylic acids is 1. The number of nitrogens with zero attached hydrogens (tertiary/aromatic N) is 1. The van der Waals surface area contributed by atoms with Crippen LogP contribution in [0.25, 0.3) is 0 Å². The highest BCUT2D eigenvalue weighted by Crippen LogP contribution is 2.24. The Morgan fingerprint density at radius 2 is 2.37 bits per heavy atom. The van der Waals surface area contributed by atoms with Crippen molar-refractivity contribution in [2.45, 2.75) is 25.8 Å². The monoisotopic (exact) mass is 263 g/mol. The third-order valence-corrected chi connectivity index (χ3v) is 3.77. The molecule has 1 unspecified atom stereocenters. The van der Waals surface area contributed by atoms with E-state index in [4.69, 9.17) is 10.8 Å². The average Bonchev–Trinajstić information content (AvgIpc) is 2.84. The minimum atomic E-state index is -0.989. The lowest BCUT2D eigenvalue weighted by atomic mass is 10.1. The van der Waals surface area contributed by atoms with Crippen LogP contribution < -0.4 is 11.1 Å². The van der Waals surface area contributed by atoms with Gasteiger partial charge in [0.15, 0.2) is 0 Å². The Kier molecular flexibility index (Phi) is 4.27. The predicted octanol–water partition coefficient (Wildman–Crippen LogP) is 1.86. The minimum absolute atomic E-state index is 0.156. The first-order valence-corrected chi connectivity index (χ1v) is 6.73. The van der Waals surface area contributed by atoms with Crippen LogP contribution in [0.3, 0.4) is 0 Å². The summed E-state index contributed by atoms with van der Waals surface area (Å²) < 4.78 is 0. The molecule has 1 fully saturated rings. The topological polar surface area (TPSA) is 78.6 Å². The Morgan fingerprint density at radius 3 is 3.05 bits per heavy atom. The SMILES string of the molecule is CCN1CCCC1CNc1cccc(C(=O)O)c1N. The molecule has 1 aromatic rings. The molecule has 0 radical (unpaired) electrons. The molecule has 1 aliphatic heterocycles. The van der Waals surface area contributed by atoms with E-state index < -0.39 is 5.97 Å². The number of rotatable bonds is 5. The highest BCUT2D eigenvalue weighted by molar-refractivity contribution is 5.97. The van der Waals surface area contributed by atoms with Gasteiger partial charge in [0.2, 0.25) is 0 Å². The summed E-state index contributed by atoms with van der Waals surface area (Å²) in [4.78, 5) is 13.5. The van der Waals surface area contributed by atoms with Gasteiger partial charge in [0.05, 0.1) is 16.9 Å². The lowest BCUT2D eigenvalue weighted by Crippen LogP contribution is -2.34. The zero-order chi connectivity index (χ0) is 13.8. The van der Waals surface area contributed by atoms with Crippen LogP contribution in [0.5, 0.6) is 0 Å². The highest BCUT2D eigenvalue weighted by Gasteiger charge is 2.22. The number of anilines is 2. The van der Waals surface area contributed by atoms with E-state index in [9.17, 15) is 4.79 Å². The molecule has 1 heterocycles. The number of carboxylic acids is 1. The van der Waals surface area contributed by atoms with Gasteiger partial charge < -0.3 is 16.2 Å². The van der Waals surface area contributed by atoms with Crippen LogP contribution in [0.1, 0.15) is 30.1 Å². The van der Waals surface area contributed by atoms with Gasteiger partial charge in [0.1, 0.15) is 0 Å². The molecule has 1 aliphatic rings. The zero-order valence-corrected chi connectivity index (χ0v) is 11.2. The van der Waals surface area contributed by atoms with Gasteiger partial charge in [-0.1, -0.05) is 13.0 Å². The summed E-state index contributed by atoms with van der Waals surface area (Å²) in [5.74, 6) is -0.989. The van der Waals surface area contributed by atoms with Crippen LogP contribution in [-0.4, -0.2) is 41.7 Å². The van der Waals surface area contributed by atoms with E-state index in [1.165, 1.54) is 18.9 Å². The fourth-order valence-corrected chi connectivity index (χ4v) is 2.68. The van der Waals surface area contributed by atoms with Gasteiger partial charge in [-0.05, 0) is 38.1 Å². The molecule has 1 atom stereocenters. The van der Waals surface area contributed by atoms with E-state index in [0.717, 1.165) is 19.6 Å². The van der Waals surface area contributed by atoms with Crippen molar-refractivity contribution in [2.75, 3.05) is 30.7 Å². The Balaban J connectivity index is 2.03. The molecule has 0 saturated carbocycles. The molecule has 0 aliphatic carbocycles. The van der Waals surface area contributed by atoms with Crippen LogP contribution in [0.4, 0.5) is 11.4 Å². The maximum atomic E-state index is 11.0. The standard InChI is InChI=1S/C14H21N3O2/c1-2-17-8-4-5-10(17)9-16-12-7-3-6-11(13(12)15)14(18)19/h3,6-7,10,16H,2,4-5,8-9,15H2,1H3,(H,18,19). The van der Waals surface area contributed by atoms with Crippen molar-refractivity contribution in [3.05, 3.63) is 23.8 Å². The summed E-state index contributed by atoms with van der Waals surface area (Å²) in [5.41, 5.74) is 7.06. The average molecular weight is 263 g/mol. The fraction of sp³-hybridized carbons (Fsp3) is 0.500. The molecule has 0 spiro atoms. The number of likely N-dealkylation sites (N-methyl/N-ethyl adjacent to an activating group) is 1. The van der Waals surface area contributed by atoms with Crippen molar-refractivity contribution < 1.29 is 9.90 Å². The zero-order valence-electron chi connectivity index (χ0n) is 11.2. The largest absolute Gasteiger partial charge is 0.478 e. The Labute approximate surface area is 113 Å². The van der Waals surface area contributed by atoms with Crippen molar-refractivity contribution in [1.82, 2.24) is 4.90 Å². The quantitative estimate of drug-likeness (QED) is 0.707. The summed E-state index contributed by atoms with van der Waals surface area (Å²) in [7, 11) is 0. The third kappa shape index (κ3) is 2.98. The molecular weight excluding hydrogens is 242 g/mol. The Hall–Kier alpha value is -1.75. The molecule has 2 rings (SSSR count). The molecule has 5 heteroatoms. The van der Waals surface area contributed by atoms with E-state index in [2.05, 4.69) is 17.1 Å². The van der Waals surface area contributed by atoms with Gasteiger partial charge in [-0.25, -0.2) is 4.79 Å². The second kappa shape index (κ2) is 5.93. The van der Waals surface area contributed by atoms with Crippen LogP contribution in [0.2, 0.25) is 0 Å². The first-order chi connectivity index (χ1) is 9.13. The number of nitrogen functional groups attached to an aromatic ring is 1. The van der Waals surface area contributed by atoms with Gasteiger partial charge in [-0.15, -0.1) is 0 Å². The van der Waals surface area contributed by atoms with Gasteiger partial charge in [0, 0.05) is 12.6 Å². The molecule has 5 nitrogen and oxygen atoms in total. The van der Waals surface area contributed by atoms with Crippen LogP contribution in [0, 0.1) is 0 Å². The Bertz CT molecular complexity index is 462. The molecule has 0 aromatic heterocycles. The number of nitrogens with two attached hydrogens (primary N) is 1. The minimum Gasteiger partial charge on any atom is -0.478 e. The Morgan fingerprint density at radius 1 is 1.58 bits per heavy atom. The molecule has 1 saturated heterocycles. The van der Waals surface area contributed by atoms with Crippen LogP contribution in [0.15, 0.2) is 18.2 Å². The first-order valence-electron chi connectivity index (χ1n) is 6.73. The maximum absolute atomic E-state index is 11.0. The number of nitrogens with one attached hydrogen (secondary N) is 1. The van der Waals surface area contributed by atoms with Crippen molar-refractivity contribution in [3.8, 4) is 0 Å². The number of carbonyl (C=O) groups is 1. The lowest BCUT2D eigenvalue weighted by molar-refractivity contribution is 0.0698. The number of carboxylic acid groups (broad SMARTS) is 1. The second-order valence-electron chi connectivity index (χ2n) is 4.88. The number of para-hydroxylation sites is 1.